The predicted octanol–water partition coefficient (Wildman–Crippen LogP) is 2.28. The largest absolute Gasteiger partial charge is 0.416 e. The summed E-state index contributed by atoms with van der Waals surface area (Å²) in [7, 11) is 0. The van der Waals surface area contributed by atoms with Crippen molar-refractivity contribution in [3.8, 4) is 0 Å². The van der Waals surface area contributed by atoms with Crippen LogP contribution in [-0.2, 0) is 0 Å². The number of hydrogen-bond acceptors (Lipinski definition) is 0. The van der Waals surface area contributed by atoms with E-state index in [4.69, 9.17) is 0 Å². The predicted molar refractivity (Wildman–Crippen MR) is 24.4 cm³/mol. The third kappa shape index (κ3) is 5.31. The standard InChI is InChI=1S/C5H5F3/c1-2-3-4-5(6,7)8/h2,4H,1H3. The van der Waals surface area contributed by atoms with Gasteiger partial charge in [-0.15, -0.1) is 5.73 Å². The van der Waals surface area contributed by atoms with Crippen LogP contribution in [0.25, 0.3) is 0 Å². The summed E-state index contributed by atoms with van der Waals surface area (Å²) in [6.45, 7) is 1.47. The Kier molecular flexibility index (Phi) is 2.35. The van der Waals surface area contributed by atoms with Crippen molar-refractivity contribution < 1.29 is 13.2 Å². The second-order valence-electron chi connectivity index (χ2n) is 1.14. The highest BCUT2D eigenvalue weighted by atomic mass is 19.4. The van der Waals surface area contributed by atoms with Gasteiger partial charge in [-0.3, -0.25) is 0 Å². The lowest BCUT2D eigenvalue weighted by atomic mass is 10.5. The molecule has 0 bridgehead atoms. The molecule has 0 aliphatic carbocycles. The molecule has 0 aliphatic heterocycles. The van der Waals surface area contributed by atoms with E-state index in [1.54, 1.807) is 0 Å². The van der Waals surface area contributed by atoms with E-state index in [-0.39, 0.29) is 6.08 Å². The van der Waals surface area contributed by atoms with Gasteiger partial charge in [-0.2, -0.15) is 13.2 Å². The van der Waals surface area contributed by atoms with Gasteiger partial charge in [0.2, 0.25) is 0 Å². The van der Waals surface area contributed by atoms with Crippen LogP contribution >= 0.6 is 0 Å². The minimum atomic E-state index is -4.22. The van der Waals surface area contributed by atoms with E-state index in [2.05, 4.69) is 0 Å². The van der Waals surface area contributed by atoms with Crippen LogP contribution in [0.2, 0.25) is 0 Å². The first-order chi connectivity index (χ1) is 3.56. The number of halogens is 3. The molecule has 0 aromatic carbocycles. The average Bonchev–Trinajstić information content (AvgIpc) is 1.59. The van der Waals surface area contributed by atoms with Gasteiger partial charge in [0.05, 0.1) is 6.08 Å². The van der Waals surface area contributed by atoms with Crippen molar-refractivity contribution in [3.05, 3.63) is 17.9 Å². The van der Waals surface area contributed by atoms with Gasteiger partial charge >= 0.3 is 6.18 Å². The molecule has 0 nitrogen and oxygen atoms in total. The average molecular weight is 122 g/mol. The molecule has 0 saturated carbocycles. The zero-order valence-corrected chi connectivity index (χ0v) is 4.29. The van der Waals surface area contributed by atoms with Crippen LogP contribution in [0, 0.1) is 0 Å². The first kappa shape index (κ1) is 7.31. The minimum Gasteiger partial charge on any atom is -0.166 e. The Labute approximate surface area is 45.3 Å². The number of alkyl halides is 3. The highest BCUT2D eigenvalue weighted by molar-refractivity contribution is 4.87. The lowest BCUT2D eigenvalue weighted by Gasteiger charge is -1.91. The summed E-state index contributed by atoms with van der Waals surface area (Å²) in [6.07, 6.45) is -2.95. The second kappa shape index (κ2) is 2.58. The maximum Gasteiger partial charge on any atom is 0.416 e. The van der Waals surface area contributed by atoms with Crippen molar-refractivity contribution in [2.45, 2.75) is 13.1 Å². The van der Waals surface area contributed by atoms with Gasteiger partial charge < -0.3 is 0 Å². The van der Waals surface area contributed by atoms with Crippen LogP contribution < -0.4 is 0 Å². The zero-order chi connectivity index (χ0) is 6.62. The van der Waals surface area contributed by atoms with Gasteiger partial charge in [0.15, 0.2) is 0 Å². The Hall–Kier alpha value is -0.690. The summed E-state index contributed by atoms with van der Waals surface area (Å²) in [6, 6.07) is 0. The maximum atomic E-state index is 11.1. The SMILES string of the molecule is CC=C=CC(F)(F)F. The molecule has 0 amide bonds. The van der Waals surface area contributed by atoms with Crippen LogP contribution in [0.5, 0.6) is 0 Å². The first-order valence-corrected chi connectivity index (χ1v) is 2.01. The third-order valence-corrected chi connectivity index (χ3v) is 0.414. The van der Waals surface area contributed by atoms with Crippen molar-refractivity contribution in [1.29, 1.82) is 0 Å². The minimum absolute atomic E-state index is 0.0625. The Morgan fingerprint density at radius 2 is 1.88 bits per heavy atom. The van der Waals surface area contributed by atoms with E-state index in [0.717, 1.165) is 0 Å². The second-order valence-corrected chi connectivity index (χ2v) is 1.14. The molecule has 8 heavy (non-hydrogen) atoms. The Morgan fingerprint density at radius 1 is 1.38 bits per heavy atom. The third-order valence-electron chi connectivity index (χ3n) is 0.414. The maximum absolute atomic E-state index is 11.1. The van der Waals surface area contributed by atoms with Gasteiger partial charge in [0.25, 0.3) is 0 Å². The molecule has 0 aliphatic rings. The van der Waals surface area contributed by atoms with Crippen molar-refractivity contribution in [1.82, 2.24) is 0 Å². The van der Waals surface area contributed by atoms with Gasteiger partial charge in [0.1, 0.15) is 0 Å². The van der Waals surface area contributed by atoms with E-state index in [1.165, 1.54) is 13.0 Å². The molecule has 0 fully saturated rings. The van der Waals surface area contributed by atoms with Gasteiger partial charge in [0, 0.05) is 0 Å². The van der Waals surface area contributed by atoms with E-state index in [9.17, 15) is 13.2 Å². The molecule has 0 aromatic rings. The zero-order valence-electron chi connectivity index (χ0n) is 4.29. The van der Waals surface area contributed by atoms with Crippen LogP contribution in [0.15, 0.2) is 17.9 Å². The molecule has 0 N–H and O–H groups in total. The van der Waals surface area contributed by atoms with Crippen LogP contribution in [0.1, 0.15) is 6.92 Å². The molecule has 46 valence electrons. The van der Waals surface area contributed by atoms with E-state index >= 15 is 0 Å². The Balaban J connectivity index is 3.89. The molecule has 0 spiro atoms. The van der Waals surface area contributed by atoms with Crippen molar-refractivity contribution >= 4 is 0 Å². The summed E-state index contributed by atoms with van der Waals surface area (Å²) in [5.74, 6) is 0. The molecular weight excluding hydrogens is 117 g/mol. The molecular formula is C5H5F3. The van der Waals surface area contributed by atoms with Gasteiger partial charge in [-0.25, -0.2) is 0 Å². The van der Waals surface area contributed by atoms with E-state index in [1.807, 2.05) is 5.73 Å². The molecule has 0 radical (unpaired) electrons. The highest BCUT2D eigenvalue weighted by Crippen LogP contribution is 2.14. The lowest BCUT2D eigenvalue weighted by molar-refractivity contribution is -0.0796. The summed E-state index contributed by atoms with van der Waals surface area (Å²) in [5, 5.41) is 0. The highest BCUT2D eigenvalue weighted by Gasteiger charge is 2.21. The fourth-order valence-electron chi connectivity index (χ4n) is 0.178. The quantitative estimate of drug-likeness (QED) is 0.432. The van der Waals surface area contributed by atoms with E-state index in [0.29, 0.717) is 0 Å². The summed E-state index contributed by atoms with van der Waals surface area (Å²) in [4.78, 5) is 0. The van der Waals surface area contributed by atoms with Gasteiger partial charge in [-0.1, -0.05) is 0 Å². The van der Waals surface area contributed by atoms with Crippen molar-refractivity contribution in [2.75, 3.05) is 0 Å². The normalized spacial score (nSPS) is 10.0. The van der Waals surface area contributed by atoms with E-state index < -0.39 is 6.18 Å². The molecule has 0 atom stereocenters. The molecule has 0 saturated heterocycles. The summed E-state index contributed by atoms with van der Waals surface area (Å²) >= 11 is 0. The molecule has 3 heteroatoms. The van der Waals surface area contributed by atoms with Crippen LogP contribution in [-0.4, -0.2) is 6.18 Å². The van der Waals surface area contributed by atoms with Gasteiger partial charge in [-0.05, 0) is 13.0 Å². The van der Waals surface area contributed by atoms with Crippen molar-refractivity contribution in [2.24, 2.45) is 0 Å². The molecule has 0 heterocycles. The first-order valence-electron chi connectivity index (χ1n) is 2.01. The monoisotopic (exact) mass is 122 g/mol. The summed E-state index contributed by atoms with van der Waals surface area (Å²) < 4.78 is 33.3. The fraction of sp³-hybridized carbons (Fsp3) is 0.400. The fourth-order valence-corrected chi connectivity index (χ4v) is 0.178. The molecule has 0 unspecified atom stereocenters. The molecule has 0 rings (SSSR count). The smallest absolute Gasteiger partial charge is 0.166 e. The summed E-state index contributed by atoms with van der Waals surface area (Å²) in [5.41, 5.74) is 1.91. The number of hydrogen-bond donors (Lipinski definition) is 0. The Bertz CT molecular complexity index is 114. The Morgan fingerprint density at radius 3 is 2.00 bits per heavy atom. The number of rotatable bonds is 0. The topological polar surface area (TPSA) is 0 Å². The molecule has 0 aromatic heterocycles. The van der Waals surface area contributed by atoms with Crippen LogP contribution in [0.4, 0.5) is 13.2 Å². The van der Waals surface area contributed by atoms with Crippen molar-refractivity contribution in [3.63, 3.8) is 0 Å². The van der Waals surface area contributed by atoms with Crippen LogP contribution in [0.3, 0.4) is 0 Å². The number of allylic oxidation sites excluding steroid dienone is 1. The lowest BCUT2D eigenvalue weighted by Crippen LogP contribution is -1.99.